The molecule has 1 aromatic carbocycles. The SMILES string of the molecule is CCc1cccc(NC(N)=NCc2cccnc2OCC(F)(F)F)c1. The highest BCUT2D eigenvalue weighted by Gasteiger charge is 2.29. The minimum atomic E-state index is -4.43. The summed E-state index contributed by atoms with van der Waals surface area (Å²) in [5.74, 6) is 0.0447. The second-order valence-corrected chi connectivity index (χ2v) is 5.25. The van der Waals surface area contributed by atoms with E-state index in [2.05, 4.69) is 15.3 Å². The molecular formula is C17H19F3N4O. The summed E-state index contributed by atoms with van der Waals surface area (Å²) in [4.78, 5) is 7.95. The van der Waals surface area contributed by atoms with Crippen molar-refractivity contribution in [2.45, 2.75) is 26.1 Å². The number of ether oxygens (including phenoxy) is 1. The summed E-state index contributed by atoms with van der Waals surface area (Å²) in [7, 11) is 0. The molecule has 0 fully saturated rings. The van der Waals surface area contributed by atoms with Crippen molar-refractivity contribution in [3.8, 4) is 5.88 Å². The molecular weight excluding hydrogens is 333 g/mol. The van der Waals surface area contributed by atoms with Gasteiger partial charge in [-0.3, -0.25) is 0 Å². The summed E-state index contributed by atoms with van der Waals surface area (Å²) < 4.78 is 41.6. The highest BCUT2D eigenvalue weighted by Crippen LogP contribution is 2.20. The molecule has 0 bridgehead atoms. The van der Waals surface area contributed by atoms with Crippen LogP contribution in [0, 0.1) is 0 Å². The minimum Gasteiger partial charge on any atom is -0.468 e. The highest BCUT2D eigenvalue weighted by atomic mass is 19.4. The number of guanidine groups is 1. The maximum absolute atomic E-state index is 12.3. The van der Waals surface area contributed by atoms with Crippen molar-refractivity contribution in [2.24, 2.45) is 10.7 Å². The molecule has 0 aliphatic heterocycles. The Kier molecular flexibility index (Phi) is 6.21. The van der Waals surface area contributed by atoms with E-state index < -0.39 is 12.8 Å². The summed E-state index contributed by atoms with van der Waals surface area (Å²) in [6.07, 6.45) is -2.18. The van der Waals surface area contributed by atoms with E-state index >= 15 is 0 Å². The average Bonchev–Trinajstić information content (AvgIpc) is 2.58. The zero-order chi connectivity index (χ0) is 18.3. The number of hydrogen-bond donors (Lipinski definition) is 2. The summed E-state index contributed by atoms with van der Waals surface area (Å²) in [5.41, 5.74) is 8.19. The van der Waals surface area contributed by atoms with Gasteiger partial charge in [0.1, 0.15) is 0 Å². The Labute approximate surface area is 143 Å². The zero-order valence-corrected chi connectivity index (χ0v) is 13.7. The number of halogens is 3. The van der Waals surface area contributed by atoms with Crippen LogP contribution in [0.5, 0.6) is 5.88 Å². The largest absolute Gasteiger partial charge is 0.468 e. The Morgan fingerprint density at radius 2 is 2.08 bits per heavy atom. The molecule has 1 aromatic heterocycles. The van der Waals surface area contributed by atoms with E-state index in [4.69, 9.17) is 10.5 Å². The van der Waals surface area contributed by atoms with Crippen LogP contribution >= 0.6 is 0 Å². The molecule has 134 valence electrons. The van der Waals surface area contributed by atoms with Crippen LogP contribution < -0.4 is 15.8 Å². The monoisotopic (exact) mass is 352 g/mol. The molecule has 0 aliphatic rings. The fourth-order valence-corrected chi connectivity index (χ4v) is 2.05. The number of aromatic nitrogens is 1. The molecule has 0 amide bonds. The first-order chi connectivity index (χ1) is 11.9. The first-order valence-electron chi connectivity index (χ1n) is 7.66. The normalized spacial score (nSPS) is 12.1. The van der Waals surface area contributed by atoms with Crippen molar-refractivity contribution in [3.63, 3.8) is 0 Å². The van der Waals surface area contributed by atoms with E-state index in [-0.39, 0.29) is 18.4 Å². The molecule has 2 rings (SSSR count). The number of nitrogens with one attached hydrogen (secondary N) is 1. The van der Waals surface area contributed by atoms with Gasteiger partial charge in [0.15, 0.2) is 12.6 Å². The second-order valence-electron chi connectivity index (χ2n) is 5.25. The van der Waals surface area contributed by atoms with Gasteiger partial charge < -0.3 is 15.8 Å². The third-order valence-electron chi connectivity index (χ3n) is 3.25. The van der Waals surface area contributed by atoms with Gasteiger partial charge in [-0.05, 0) is 30.2 Å². The topological polar surface area (TPSA) is 72.5 Å². The Morgan fingerprint density at radius 1 is 1.28 bits per heavy atom. The number of alkyl halides is 3. The number of nitrogens with two attached hydrogens (primary N) is 1. The Bertz CT molecular complexity index is 732. The first kappa shape index (κ1) is 18.6. The van der Waals surface area contributed by atoms with Gasteiger partial charge in [0.25, 0.3) is 0 Å². The molecule has 5 nitrogen and oxygen atoms in total. The van der Waals surface area contributed by atoms with Gasteiger partial charge in [0.05, 0.1) is 6.54 Å². The van der Waals surface area contributed by atoms with Crippen LogP contribution in [0.1, 0.15) is 18.1 Å². The number of pyridine rings is 1. The Morgan fingerprint density at radius 3 is 2.80 bits per heavy atom. The lowest BCUT2D eigenvalue weighted by atomic mass is 10.1. The predicted octanol–water partition coefficient (Wildman–Crippen LogP) is 3.51. The van der Waals surface area contributed by atoms with Crippen molar-refractivity contribution >= 4 is 11.6 Å². The van der Waals surface area contributed by atoms with Gasteiger partial charge >= 0.3 is 6.18 Å². The number of aliphatic imine (C=N–C) groups is 1. The molecule has 1 heterocycles. The summed E-state index contributed by atoms with van der Waals surface area (Å²) in [6, 6.07) is 10.9. The molecule has 0 atom stereocenters. The highest BCUT2D eigenvalue weighted by molar-refractivity contribution is 5.92. The third-order valence-corrected chi connectivity index (χ3v) is 3.25. The van der Waals surface area contributed by atoms with Gasteiger partial charge in [-0.15, -0.1) is 0 Å². The third kappa shape index (κ3) is 6.33. The maximum atomic E-state index is 12.3. The minimum absolute atomic E-state index is 0.0489. The summed E-state index contributed by atoms with van der Waals surface area (Å²) >= 11 is 0. The van der Waals surface area contributed by atoms with E-state index in [1.165, 1.54) is 6.20 Å². The van der Waals surface area contributed by atoms with Crippen LogP contribution in [-0.4, -0.2) is 23.7 Å². The number of benzene rings is 1. The number of anilines is 1. The van der Waals surface area contributed by atoms with E-state index in [1.54, 1.807) is 12.1 Å². The standard InChI is InChI=1S/C17H19F3N4O/c1-2-12-5-3-7-14(9-12)24-16(21)23-10-13-6-4-8-22-15(13)25-11-17(18,19)20/h3-9H,2,10-11H2,1H3,(H3,21,23,24). The maximum Gasteiger partial charge on any atom is 0.422 e. The van der Waals surface area contributed by atoms with Crippen molar-refractivity contribution in [1.82, 2.24) is 4.98 Å². The number of nitrogens with zero attached hydrogens (tertiary/aromatic N) is 2. The van der Waals surface area contributed by atoms with Crippen LogP contribution in [0.4, 0.5) is 18.9 Å². The van der Waals surface area contributed by atoms with Crippen molar-refractivity contribution in [3.05, 3.63) is 53.7 Å². The van der Waals surface area contributed by atoms with E-state index in [1.807, 2.05) is 31.2 Å². The molecule has 25 heavy (non-hydrogen) atoms. The van der Waals surface area contributed by atoms with Crippen molar-refractivity contribution in [1.29, 1.82) is 0 Å². The molecule has 0 unspecified atom stereocenters. The fraction of sp³-hybridized carbons (Fsp3) is 0.294. The lowest BCUT2D eigenvalue weighted by Gasteiger charge is -2.11. The zero-order valence-electron chi connectivity index (χ0n) is 13.7. The number of rotatable bonds is 6. The molecule has 2 aromatic rings. The van der Waals surface area contributed by atoms with Gasteiger partial charge in [0.2, 0.25) is 5.88 Å². The lowest BCUT2D eigenvalue weighted by Crippen LogP contribution is -2.23. The smallest absolute Gasteiger partial charge is 0.422 e. The van der Waals surface area contributed by atoms with Crippen LogP contribution in [0.3, 0.4) is 0 Å². The first-order valence-corrected chi connectivity index (χ1v) is 7.66. The Balaban J connectivity index is 2.02. The Hall–Kier alpha value is -2.77. The summed E-state index contributed by atoms with van der Waals surface area (Å²) in [5, 5.41) is 2.95. The average molecular weight is 352 g/mol. The predicted molar refractivity (Wildman–Crippen MR) is 90.6 cm³/mol. The van der Waals surface area contributed by atoms with Crippen molar-refractivity contribution < 1.29 is 17.9 Å². The quantitative estimate of drug-likeness (QED) is 0.616. The van der Waals surface area contributed by atoms with Crippen LogP contribution in [0.15, 0.2) is 47.6 Å². The van der Waals surface area contributed by atoms with Gasteiger partial charge in [0, 0.05) is 17.4 Å². The fourth-order valence-electron chi connectivity index (χ4n) is 2.05. The molecule has 8 heteroatoms. The van der Waals surface area contributed by atoms with E-state index in [9.17, 15) is 13.2 Å². The molecule has 0 radical (unpaired) electrons. The second kappa shape index (κ2) is 8.36. The summed E-state index contributed by atoms with van der Waals surface area (Å²) in [6.45, 7) is 0.688. The molecule has 0 aliphatic carbocycles. The van der Waals surface area contributed by atoms with E-state index in [0.29, 0.717) is 5.56 Å². The van der Waals surface area contributed by atoms with Crippen LogP contribution in [0.2, 0.25) is 0 Å². The van der Waals surface area contributed by atoms with Crippen LogP contribution in [-0.2, 0) is 13.0 Å². The van der Waals surface area contributed by atoms with Gasteiger partial charge in [-0.25, -0.2) is 9.98 Å². The lowest BCUT2D eigenvalue weighted by molar-refractivity contribution is -0.154. The van der Waals surface area contributed by atoms with Crippen LogP contribution in [0.25, 0.3) is 0 Å². The van der Waals surface area contributed by atoms with E-state index in [0.717, 1.165) is 17.7 Å². The van der Waals surface area contributed by atoms with Gasteiger partial charge in [-0.1, -0.05) is 25.1 Å². The molecule has 0 saturated carbocycles. The number of aryl methyl sites for hydroxylation is 1. The molecule has 0 spiro atoms. The van der Waals surface area contributed by atoms with Gasteiger partial charge in [-0.2, -0.15) is 13.2 Å². The molecule has 0 saturated heterocycles. The van der Waals surface area contributed by atoms with Crippen molar-refractivity contribution in [2.75, 3.05) is 11.9 Å². The molecule has 3 N–H and O–H groups in total. The number of hydrogen-bond acceptors (Lipinski definition) is 3.